The molecule has 0 aromatic carbocycles. The van der Waals surface area contributed by atoms with Gasteiger partial charge >= 0.3 is 10.4 Å². The minimum Gasteiger partial charge on any atom is -0.394 e. The van der Waals surface area contributed by atoms with Gasteiger partial charge in [-0.2, -0.15) is 8.42 Å². The molecular weight excluding hydrogens is 384 g/mol. The zero-order chi connectivity index (χ0) is 20.8. The molecule has 10 nitrogen and oxygen atoms in total. The second kappa shape index (κ2) is 10.0. The molecule has 0 radical (unpaired) electrons. The van der Waals surface area contributed by atoms with Gasteiger partial charge in [-0.3, -0.25) is 4.55 Å². The van der Waals surface area contributed by atoms with Crippen molar-refractivity contribution in [3.05, 3.63) is 24.3 Å². The Morgan fingerprint density at radius 2 is 1.96 bits per heavy atom. The highest BCUT2D eigenvalue weighted by Crippen LogP contribution is 2.25. The summed E-state index contributed by atoms with van der Waals surface area (Å²) in [5, 5.41) is 39.2. The summed E-state index contributed by atoms with van der Waals surface area (Å²) >= 11 is 0. The van der Waals surface area contributed by atoms with Crippen molar-refractivity contribution in [2.45, 2.75) is 63.0 Å². The summed E-state index contributed by atoms with van der Waals surface area (Å²) < 4.78 is 45.3. The Bertz CT molecular complexity index is 613. The maximum Gasteiger partial charge on any atom is 0.397 e. The minimum absolute atomic E-state index is 0.0205. The van der Waals surface area contributed by atoms with Gasteiger partial charge in [0.2, 0.25) is 0 Å². The predicted octanol–water partition coefficient (Wildman–Crippen LogP) is -0.706. The second-order valence-electron chi connectivity index (χ2n) is 6.66. The van der Waals surface area contributed by atoms with Crippen LogP contribution in [0.4, 0.5) is 0 Å². The highest BCUT2D eigenvalue weighted by Gasteiger charge is 2.47. The Morgan fingerprint density at radius 1 is 1.33 bits per heavy atom. The van der Waals surface area contributed by atoms with Crippen molar-refractivity contribution in [3.63, 3.8) is 0 Å². The van der Waals surface area contributed by atoms with Crippen LogP contribution in [-0.2, 0) is 24.1 Å². The first-order valence-corrected chi connectivity index (χ1v) is 9.68. The lowest BCUT2D eigenvalue weighted by Crippen LogP contribution is -2.60. The first-order valence-electron chi connectivity index (χ1n) is 8.31. The first kappa shape index (κ1) is 24.1. The fourth-order valence-electron chi connectivity index (χ4n) is 2.43. The lowest BCUT2D eigenvalue weighted by molar-refractivity contribution is -0.295. The van der Waals surface area contributed by atoms with Crippen molar-refractivity contribution < 1.29 is 47.1 Å². The molecule has 5 N–H and O–H groups in total. The Morgan fingerprint density at radius 3 is 2.48 bits per heavy atom. The first-order chi connectivity index (χ1) is 12.4. The van der Waals surface area contributed by atoms with E-state index >= 15 is 0 Å². The van der Waals surface area contributed by atoms with Gasteiger partial charge in [0.15, 0.2) is 6.29 Å². The summed E-state index contributed by atoms with van der Waals surface area (Å²) in [7, 11) is -4.93. The van der Waals surface area contributed by atoms with E-state index in [1.165, 1.54) is 6.08 Å². The van der Waals surface area contributed by atoms with Crippen LogP contribution in [0.2, 0.25) is 0 Å². The van der Waals surface area contributed by atoms with Crippen molar-refractivity contribution in [1.29, 1.82) is 0 Å². The molecule has 0 aromatic heterocycles. The molecule has 11 heteroatoms. The topological polar surface area (TPSA) is 163 Å². The molecule has 0 aliphatic carbocycles. The van der Waals surface area contributed by atoms with Crippen molar-refractivity contribution >= 4 is 10.4 Å². The van der Waals surface area contributed by atoms with Gasteiger partial charge in [-0.25, -0.2) is 4.18 Å². The fourth-order valence-corrected chi connectivity index (χ4v) is 2.95. The summed E-state index contributed by atoms with van der Waals surface area (Å²) in [5.41, 5.74) is -0.224. The van der Waals surface area contributed by atoms with Crippen molar-refractivity contribution in [2.75, 3.05) is 13.2 Å². The third-order valence-corrected chi connectivity index (χ3v) is 4.58. The van der Waals surface area contributed by atoms with Crippen LogP contribution in [0.25, 0.3) is 0 Å². The molecule has 1 unspecified atom stereocenters. The second-order valence-corrected chi connectivity index (χ2v) is 7.70. The molecule has 1 aliphatic rings. The standard InChI is InChI=1S/C16H28O10S/c1-4-16(3,20)7-5-6-10(2)9-24-15-13(19)12(18)14(11(8-17)25-15)26-27(21,22)23/h4,6,11-15,17-20H,1,5,7-9H2,2-3H3,(H,21,22,23)/b10-6+/t11-,12-,13-,14-,15-,16?/m1/s1. The van der Waals surface area contributed by atoms with Crippen LogP contribution >= 0.6 is 0 Å². The van der Waals surface area contributed by atoms with Crippen LogP contribution in [0.15, 0.2) is 24.3 Å². The molecule has 1 heterocycles. The van der Waals surface area contributed by atoms with Crippen molar-refractivity contribution in [3.8, 4) is 0 Å². The minimum atomic E-state index is -4.93. The average molecular weight is 412 g/mol. The highest BCUT2D eigenvalue weighted by atomic mass is 32.3. The van der Waals surface area contributed by atoms with Crippen molar-refractivity contribution in [2.24, 2.45) is 0 Å². The summed E-state index contributed by atoms with van der Waals surface area (Å²) in [6.07, 6.45) is -3.58. The van der Waals surface area contributed by atoms with Crippen LogP contribution in [0.1, 0.15) is 26.7 Å². The van der Waals surface area contributed by atoms with Gasteiger partial charge in [-0.1, -0.05) is 17.7 Å². The van der Waals surface area contributed by atoms with E-state index in [0.717, 1.165) is 5.57 Å². The van der Waals surface area contributed by atoms with Crippen LogP contribution < -0.4 is 0 Å². The molecule has 0 aromatic rings. The van der Waals surface area contributed by atoms with Gasteiger partial charge in [0.25, 0.3) is 0 Å². The monoisotopic (exact) mass is 412 g/mol. The van der Waals surface area contributed by atoms with Crippen molar-refractivity contribution in [1.82, 2.24) is 0 Å². The molecule has 0 bridgehead atoms. The lowest BCUT2D eigenvalue weighted by Gasteiger charge is -2.40. The van der Waals surface area contributed by atoms with Crippen LogP contribution in [-0.4, -0.2) is 82.9 Å². The van der Waals surface area contributed by atoms with E-state index in [9.17, 15) is 28.8 Å². The maximum atomic E-state index is 10.8. The Labute approximate surface area is 158 Å². The van der Waals surface area contributed by atoms with E-state index in [2.05, 4.69) is 10.8 Å². The van der Waals surface area contributed by atoms with E-state index in [-0.39, 0.29) is 6.61 Å². The van der Waals surface area contributed by atoms with Gasteiger partial charge < -0.3 is 29.9 Å². The average Bonchev–Trinajstić information content (AvgIpc) is 2.57. The number of allylic oxidation sites excluding steroid dienone is 1. The predicted molar refractivity (Wildman–Crippen MR) is 93.9 cm³/mol. The molecule has 1 rings (SSSR count). The van der Waals surface area contributed by atoms with Crippen LogP contribution in [0.3, 0.4) is 0 Å². The van der Waals surface area contributed by atoms with Crippen LogP contribution in [0.5, 0.6) is 0 Å². The SMILES string of the molecule is C=CC(C)(O)CC/C=C(\C)CO[C@@H]1O[C@H](CO)[C@@H](OS(=O)(=O)O)[C@H](O)[C@H]1O. The number of hydrogen-bond acceptors (Lipinski definition) is 9. The fraction of sp³-hybridized carbons (Fsp3) is 0.750. The molecule has 0 amide bonds. The molecule has 1 fully saturated rings. The molecule has 0 spiro atoms. The summed E-state index contributed by atoms with van der Waals surface area (Å²) in [6, 6.07) is 0. The number of ether oxygens (including phenoxy) is 2. The normalized spacial score (nSPS) is 32.1. The Hall–Kier alpha value is -0.890. The van der Waals surface area contributed by atoms with Gasteiger partial charge in [-0.15, -0.1) is 6.58 Å². The third-order valence-electron chi connectivity index (χ3n) is 4.11. The Kier molecular flexibility index (Phi) is 8.99. The molecule has 1 saturated heterocycles. The quantitative estimate of drug-likeness (QED) is 0.229. The van der Waals surface area contributed by atoms with Gasteiger partial charge in [0.05, 0.1) is 18.8 Å². The zero-order valence-corrected chi connectivity index (χ0v) is 16.1. The molecule has 0 saturated carbocycles. The molecule has 27 heavy (non-hydrogen) atoms. The molecule has 158 valence electrons. The van der Waals surface area contributed by atoms with Crippen LogP contribution in [0, 0.1) is 0 Å². The van der Waals surface area contributed by atoms with Gasteiger partial charge in [-0.05, 0) is 26.7 Å². The third kappa shape index (κ3) is 7.94. The summed E-state index contributed by atoms with van der Waals surface area (Å²) in [4.78, 5) is 0. The maximum absolute atomic E-state index is 10.8. The summed E-state index contributed by atoms with van der Waals surface area (Å²) in [6.45, 7) is 6.20. The van der Waals surface area contributed by atoms with E-state index in [1.54, 1.807) is 13.8 Å². The lowest BCUT2D eigenvalue weighted by atomic mass is 9.99. The van der Waals surface area contributed by atoms with E-state index in [4.69, 9.17) is 14.0 Å². The summed E-state index contributed by atoms with van der Waals surface area (Å²) in [5.74, 6) is 0. The van der Waals surface area contributed by atoms with Gasteiger partial charge in [0, 0.05) is 0 Å². The molecule has 1 aliphatic heterocycles. The zero-order valence-electron chi connectivity index (χ0n) is 15.3. The number of aliphatic hydroxyl groups excluding tert-OH is 3. The largest absolute Gasteiger partial charge is 0.397 e. The number of hydrogen-bond donors (Lipinski definition) is 5. The van der Waals surface area contributed by atoms with E-state index < -0.39 is 53.3 Å². The number of aliphatic hydroxyl groups is 4. The molecule has 6 atom stereocenters. The molecular formula is C16H28O10S. The Balaban J connectivity index is 2.64. The van der Waals surface area contributed by atoms with E-state index in [1.807, 2.05) is 6.08 Å². The number of rotatable bonds is 10. The highest BCUT2D eigenvalue weighted by molar-refractivity contribution is 7.80. The van der Waals surface area contributed by atoms with Gasteiger partial charge in [0.1, 0.15) is 24.4 Å². The van der Waals surface area contributed by atoms with E-state index in [0.29, 0.717) is 12.8 Å². The smallest absolute Gasteiger partial charge is 0.394 e.